The fourth-order valence-electron chi connectivity index (χ4n) is 9.94. The van der Waals surface area contributed by atoms with Crippen LogP contribution in [-0.4, -0.2) is 73.9 Å². The molecular formula is C26H36O9. The molecule has 0 aromatic heterocycles. The lowest BCUT2D eigenvalue weighted by atomic mass is 9.38. The summed E-state index contributed by atoms with van der Waals surface area (Å²) in [5.41, 5.74) is -2.63. The number of aliphatic hydroxyl groups excluding tert-OH is 1. The van der Waals surface area contributed by atoms with Crippen LogP contribution in [0.2, 0.25) is 0 Å². The number of ketones is 2. The summed E-state index contributed by atoms with van der Waals surface area (Å²) in [6.45, 7) is 5.85. The maximum absolute atomic E-state index is 14.6. The number of carbonyl (C=O) groups is 3. The van der Waals surface area contributed by atoms with Gasteiger partial charge in [-0.25, -0.2) is 0 Å². The molecule has 1 saturated heterocycles. The number of methoxy groups -OCH3 is 2. The van der Waals surface area contributed by atoms with Crippen LogP contribution in [0.5, 0.6) is 0 Å². The van der Waals surface area contributed by atoms with Crippen molar-refractivity contribution in [3.63, 3.8) is 0 Å². The van der Waals surface area contributed by atoms with Crippen molar-refractivity contribution in [2.45, 2.75) is 76.7 Å². The molecular weight excluding hydrogens is 456 g/mol. The molecule has 3 unspecified atom stereocenters. The van der Waals surface area contributed by atoms with Crippen molar-refractivity contribution in [2.24, 2.45) is 39.9 Å². The zero-order chi connectivity index (χ0) is 25.2. The Morgan fingerprint density at radius 1 is 1.03 bits per heavy atom. The first-order valence-electron chi connectivity index (χ1n) is 12.8. The number of esters is 1. The van der Waals surface area contributed by atoms with Gasteiger partial charge >= 0.3 is 5.97 Å². The smallest absolute Gasteiger partial charge is 0.302 e. The molecule has 1 heterocycles. The van der Waals surface area contributed by atoms with Crippen LogP contribution in [0, 0.1) is 39.9 Å². The van der Waals surface area contributed by atoms with Gasteiger partial charge in [-0.2, -0.15) is 0 Å². The molecule has 3 spiro atoms. The number of rotatable bonds is 3. The average Bonchev–Trinajstić information content (AvgIpc) is 2.88. The van der Waals surface area contributed by atoms with E-state index in [9.17, 15) is 19.5 Å². The molecule has 7 rings (SSSR count). The predicted molar refractivity (Wildman–Crippen MR) is 119 cm³/mol. The quantitative estimate of drug-likeness (QED) is 0.463. The van der Waals surface area contributed by atoms with Gasteiger partial charge in [-0.1, -0.05) is 6.42 Å². The van der Waals surface area contributed by atoms with E-state index in [1.807, 2.05) is 13.8 Å². The summed E-state index contributed by atoms with van der Waals surface area (Å²) in [5, 5.41) is 11.7. The first-order chi connectivity index (χ1) is 16.5. The lowest BCUT2D eigenvalue weighted by Crippen LogP contribution is -2.78. The summed E-state index contributed by atoms with van der Waals surface area (Å²) in [7, 11) is 2.86. The molecule has 1 aliphatic heterocycles. The summed E-state index contributed by atoms with van der Waals surface area (Å²) < 4.78 is 30.1. The van der Waals surface area contributed by atoms with Gasteiger partial charge in [-0.05, 0) is 39.5 Å². The standard InChI is InChI=1S/C26H36O9/c1-13(27)35-16-10-25-15-9-14(20(29)26(25,31-4)32-5)17(28)19(25)24(21(15)30)8-6-7-23(18(16)24)11-33-22(2,3)34-12-23/h14-19,28H,6-12H2,1-5H3/t14?,15-,16-,17+,18-,19?,24?,25-/m1/s1. The minimum Gasteiger partial charge on any atom is -0.462 e. The number of aliphatic hydroxyl groups is 1. The minimum atomic E-state index is -1.67. The summed E-state index contributed by atoms with van der Waals surface area (Å²) >= 11 is 0. The molecule has 194 valence electrons. The largest absolute Gasteiger partial charge is 0.462 e. The van der Waals surface area contributed by atoms with Crippen molar-refractivity contribution in [3.05, 3.63) is 0 Å². The molecule has 9 heteroatoms. The second kappa shape index (κ2) is 7.13. The summed E-state index contributed by atoms with van der Waals surface area (Å²) in [6, 6.07) is 0. The second-order valence-electron chi connectivity index (χ2n) is 12.2. The van der Waals surface area contributed by atoms with Crippen molar-refractivity contribution in [1.29, 1.82) is 0 Å². The van der Waals surface area contributed by atoms with Crippen LogP contribution in [0.1, 0.15) is 52.9 Å². The first-order valence-corrected chi connectivity index (χ1v) is 12.8. The fraction of sp³-hybridized carbons (Fsp3) is 0.885. The third kappa shape index (κ3) is 2.50. The van der Waals surface area contributed by atoms with E-state index in [2.05, 4.69) is 0 Å². The van der Waals surface area contributed by atoms with Crippen molar-refractivity contribution in [1.82, 2.24) is 0 Å². The molecule has 1 N–H and O–H groups in total. The van der Waals surface area contributed by atoms with Crippen molar-refractivity contribution < 1.29 is 43.2 Å². The van der Waals surface area contributed by atoms with E-state index in [-0.39, 0.29) is 24.4 Å². The number of hydrogen-bond acceptors (Lipinski definition) is 9. The third-order valence-electron chi connectivity index (χ3n) is 10.7. The van der Waals surface area contributed by atoms with Crippen LogP contribution in [0.4, 0.5) is 0 Å². The lowest BCUT2D eigenvalue weighted by molar-refractivity contribution is -0.362. The molecule has 0 aromatic rings. The highest BCUT2D eigenvalue weighted by atomic mass is 16.7. The van der Waals surface area contributed by atoms with Crippen LogP contribution in [0.3, 0.4) is 0 Å². The normalized spacial score (nSPS) is 48.1. The van der Waals surface area contributed by atoms with Gasteiger partial charge in [0.25, 0.3) is 0 Å². The van der Waals surface area contributed by atoms with Gasteiger partial charge in [0.15, 0.2) is 11.6 Å². The number of hydrogen-bond donors (Lipinski definition) is 1. The number of carbonyl (C=O) groups excluding carboxylic acids is 3. The van der Waals surface area contributed by atoms with E-state index in [0.717, 1.165) is 12.8 Å². The van der Waals surface area contributed by atoms with Crippen molar-refractivity contribution in [2.75, 3.05) is 27.4 Å². The Kier molecular flexibility index (Phi) is 4.88. The maximum Gasteiger partial charge on any atom is 0.302 e. The summed E-state index contributed by atoms with van der Waals surface area (Å²) in [6.07, 6.45) is 0.917. The minimum absolute atomic E-state index is 0.0542. The molecule has 7 aliphatic rings. The van der Waals surface area contributed by atoms with Gasteiger partial charge in [0.05, 0.1) is 30.7 Å². The monoisotopic (exact) mass is 492 g/mol. The zero-order valence-corrected chi connectivity index (χ0v) is 21.1. The Hall–Kier alpha value is -1.39. The molecule has 7 fully saturated rings. The van der Waals surface area contributed by atoms with Gasteiger partial charge in [-0.15, -0.1) is 0 Å². The zero-order valence-electron chi connectivity index (χ0n) is 21.1. The third-order valence-corrected chi connectivity index (χ3v) is 10.7. The van der Waals surface area contributed by atoms with Gasteiger partial charge in [0, 0.05) is 49.7 Å². The molecule has 9 nitrogen and oxygen atoms in total. The topological polar surface area (TPSA) is 118 Å². The highest BCUT2D eigenvalue weighted by molar-refractivity contribution is 6.01. The Labute approximate surface area is 205 Å². The van der Waals surface area contributed by atoms with E-state index in [1.54, 1.807) is 0 Å². The summed E-state index contributed by atoms with van der Waals surface area (Å²) in [5.74, 6) is -5.29. The van der Waals surface area contributed by atoms with Crippen LogP contribution in [-0.2, 0) is 38.1 Å². The van der Waals surface area contributed by atoms with Gasteiger partial charge < -0.3 is 28.8 Å². The van der Waals surface area contributed by atoms with Crippen LogP contribution in [0.15, 0.2) is 0 Å². The highest BCUT2D eigenvalue weighted by Crippen LogP contribution is 2.81. The second-order valence-corrected chi connectivity index (χ2v) is 12.2. The molecule has 6 saturated carbocycles. The van der Waals surface area contributed by atoms with E-state index >= 15 is 0 Å². The SMILES string of the molecule is COC1(OC)C(=O)C2C[C@@H]3C(=O)C45CCCC6(COC(C)(C)OC6)[C@H]4[C@H](OC(C)=O)C[C@]31C5[C@H]2O. The Morgan fingerprint density at radius 3 is 2.29 bits per heavy atom. The predicted octanol–water partition coefficient (Wildman–Crippen LogP) is 1.63. The number of Topliss-reactive ketones (excluding diaryl/α,β-unsaturated/α-hetero) is 2. The van der Waals surface area contributed by atoms with Crippen LogP contribution >= 0.6 is 0 Å². The summed E-state index contributed by atoms with van der Waals surface area (Å²) in [4.78, 5) is 40.7. The Morgan fingerprint density at radius 2 is 1.69 bits per heavy atom. The molecule has 6 aliphatic carbocycles. The van der Waals surface area contributed by atoms with Crippen molar-refractivity contribution >= 4 is 17.5 Å². The first kappa shape index (κ1) is 24.0. The van der Waals surface area contributed by atoms with Crippen molar-refractivity contribution in [3.8, 4) is 0 Å². The fourth-order valence-corrected chi connectivity index (χ4v) is 9.94. The molecule has 0 aromatic carbocycles. The molecule has 35 heavy (non-hydrogen) atoms. The van der Waals surface area contributed by atoms with Crippen LogP contribution in [0.25, 0.3) is 0 Å². The molecule has 0 amide bonds. The van der Waals surface area contributed by atoms with E-state index in [0.29, 0.717) is 19.6 Å². The Bertz CT molecular complexity index is 975. The van der Waals surface area contributed by atoms with E-state index in [1.165, 1.54) is 21.1 Å². The van der Waals surface area contributed by atoms with Crippen LogP contribution < -0.4 is 0 Å². The molecule has 5 bridgehead atoms. The number of ether oxygens (including phenoxy) is 5. The Balaban J connectivity index is 1.59. The van der Waals surface area contributed by atoms with Gasteiger partial charge in [0.1, 0.15) is 11.9 Å². The van der Waals surface area contributed by atoms with Gasteiger partial charge in [0.2, 0.25) is 5.79 Å². The van der Waals surface area contributed by atoms with E-state index < -0.39 is 69.7 Å². The highest BCUT2D eigenvalue weighted by Gasteiger charge is 2.89. The number of fused-ring (bicyclic) bond motifs is 2. The van der Waals surface area contributed by atoms with E-state index in [4.69, 9.17) is 23.7 Å². The maximum atomic E-state index is 14.6. The molecule has 8 atom stereocenters. The van der Waals surface area contributed by atoms with Gasteiger partial charge in [-0.3, -0.25) is 14.4 Å². The average molecular weight is 493 g/mol. The molecule has 0 radical (unpaired) electrons. The lowest BCUT2D eigenvalue weighted by Gasteiger charge is -2.69.